The van der Waals surface area contributed by atoms with E-state index in [0.717, 1.165) is 10.9 Å². The molecular formula is C11H10BF7S. The van der Waals surface area contributed by atoms with Crippen molar-refractivity contribution in [2.45, 2.75) is 19.4 Å². The standard InChI is InChI=1S/C11H10F3S.BF4/c1-7-4-3-5-10-9(7)6-8(2)15(10)11(12,13)14;2-1(3,4)5/h3-6H,1-2H3;/q+1;-1. The summed E-state index contributed by atoms with van der Waals surface area (Å²) in [5.74, 6) is 0. The zero-order chi connectivity index (χ0) is 15.7. The highest BCUT2D eigenvalue weighted by Crippen LogP contribution is 2.50. The van der Waals surface area contributed by atoms with Gasteiger partial charge in [-0.1, -0.05) is 12.1 Å². The number of rotatable bonds is 0. The van der Waals surface area contributed by atoms with Gasteiger partial charge in [-0.15, -0.1) is 13.2 Å². The van der Waals surface area contributed by atoms with E-state index in [1.807, 2.05) is 13.0 Å². The molecular weight excluding hydrogens is 308 g/mol. The molecule has 1 atom stereocenters. The van der Waals surface area contributed by atoms with Crippen molar-refractivity contribution >= 4 is 27.8 Å². The van der Waals surface area contributed by atoms with E-state index in [1.54, 1.807) is 25.1 Å². The van der Waals surface area contributed by atoms with E-state index in [1.165, 1.54) is 0 Å². The third-order valence-corrected chi connectivity index (χ3v) is 4.43. The smallest absolute Gasteiger partial charge is 0.418 e. The Morgan fingerprint density at radius 1 is 1.00 bits per heavy atom. The predicted molar refractivity (Wildman–Crippen MR) is 67.4 cm³/mol. The van der Waals surface area contributed by atoms with Crippen molar-refractivity contribution in [1.82, 2.24) is 0 Å². The van der Waals surface area contributed by atoms with E-state index < -0.39 is 23.2 Å². The molecule has 0 amide bonds. The third kappa shape index (κ3) is 4.40. The van der Waals surface area contributed by atoms with E-state index in [9.17, 15) is 30.4 Å². The minimum atomic E-state index is -6.00. The highest BCUT2D eigenvalue weighted by molar-refractivity contribution is 7.38. The summed E-state index contributed by atoms with van der Waals surface area (Å²) in [6.07, 6.45) is 0. The lowest BCUT2D eigenvalue weighted by atomic mass is 10.1. The van der Waals surface area contributed by atoms with Crippen LogP contribution in [0.25, 0.3) is 10.1 Å². The van der Waals surface area contributed by atoms with Crippen molar-refractivity contribution in [3.05, 3.63) is 34.7 Å². The van der Waals surface area contributed by atoms with Crippen LogP contribution in [-0.4, -0.2) is 7.25 Å². The molecule has 0 spiro atoms. The van der Waals surface area contributed by atoms with E-state index in [0.29, 0.717) is 9.58 Å². The van der Waals surface area contributed by atoms with Gasteiger partial charge in [0.05, 0.1) is 10.5 Å². The van der Waals surface area contributed by atoms with Crippen LogP contribution in [0.4, 0.5) is 30.4 Å². The van der Waals surface area contributed by atoms with E-state index in [2.05, 4.69) is 0 Å². The molecule has 0 aliphatic rings. The second-order valence-electron chi connectivity index (χ2n) is 3.99. The lowest BCUT2D eigenvalue weighted by Crippen LogP contribution is -2.02. The summed E-state index contributed by atoms with van der Waals surface area (Å²) in [5, 5.41) is 0.746. The predicted octanol–water partition coefficient (Wildman–Crippen LogP) is 5.98. The molecule has 9 heteroatoms. The molecule has 0 radical (unpaired) electrons. The number of hydrogen-bond donors (Lipinski definition) is 0. The van der Waals surface area contributed by atoms with Gasteiger partial charge in [0.25, 0.3) is 0 Å². The summed E-state index contributed by atoms with van der Waals surface area (Å²) in [5.41, 5.74) is -3.24. The van der Waals surface area contributed by atoms with Gasteiger partial charge in [-0.3, -0.25) is 0 Å². The van der Waals surface area contributed by atoms with Crippen molar-refractivity contribution in [3.8, 4) is 0 Å². The second-order valence-corrected chi connectivity index (χ2v) is 6.15. The van der Waals surface area contributed by atoms with E-state index in [4.69, 9.17) is 0 Å². The molecule has 2 aromatic rings. The van der Waals surface area contributed by atoms with Crippen LogP contribution < -0.4 is 0 Å². The summed E-state index contributed by atoms with van der Waals surface area (Å²) in [6.45, 7) is 3.39. The molecule has 0 aliphatic heterocycles. The van der Waals surface area contributed by atoms with Crippen molar-refractivity contribution in [1.29, 1.82) is 0 Å². The van der Waals surface area contributed by atoms with Gasteiger partial charge < -0.3 is 17.3 Å². The fourth-order valence-electron chi connectivity index (χ4n) is 1.76. The van der Waals surface area contributed by atoms with Crippen LogP contribution in [0.2, 0.25) is 0 Å². The summed E-state index contributed by atoms with van der Waals surface area (Å²) >= 11 is 0. The van der Waals surface area contributed by atoms with E-state index >= 15 is 0 Å². The normalized spacial score (nSPS) is 13.2. The molecule has 1 aromatic carbocycles. The van der Waals surface area contributed by atoms with Gasteiger partial charge in [-0.2, -0.15) is 0 Å². The number of aryl methyl sites for hydroxylation is 2. The SMILES string of the molecule is Cc1cccc2c1cc(C)[s+]2C(F)(F)F.F[B-](F)(F)F. The zero-order valence-electron chi connectivity index (χ0n) is 10.4. The van der Waals surface area contributed by atoms with Crippen LogP contribution >= 0.6 is 10.5 Å². The second kappa shape index (κ2) is 5.63. The number of benzene rings is 1. The molecule has 0 saturated carbocycles. The highest BCUT2D eigenvalue weighted by Gasteiger charge is 2.46. The quantitative estimate of drug-likeness (QED) is 0.318. The molecule has 0 fully saturated rings. The lowest BCUT2D eigenvalue weighted by Gasteiger charge is -1.97. The number of halogens is 7. The number of fused-ring (bicyclic) bond motifs is 1. The molecule has 2 rings (SSSR count). The van der Waals surface area contributed by atoms with Gasteiger partial charge in [-0.05, 0) is 18.6 Å². The van der Waals surface area contributed by atoms with Crippen molar-refractivity contribution < 1.29 is 30.4 Å². The fourth-order valence-corrected chi connectivity index (χ4v) is 3.61. The number of hydrogen-bond acceptors (Lipinski definition) is 0. The average Bonchev–Trinajstić information content (AvgIpc) is 2.52. The zero-order valence-corrected chi connectivity index (χ0v) is 11.3. The summed E-state index contributed by atoms with van der Waals surface area (Å²) in [6, 6.07) is 6.76. The number of alkyl halides is 3. The van der Waals surface area contributed by atoms with Gasteiger partial charge in [0, 0.05) is 18.4 Å². The van der Waals surface area contributed by atoms with Crippen LogP contribution in [-0.2, 0) is 5.51 Å². The topological polar surface area (TPSA) is 0 Å². The molecule has 0 aliphatic carbocycles. The Bertz CT molecular complexity index is 591. The summed E-state index contributed by atoms with van der Waals surface area (Å²) in [7, 11) is -7.71. The molecule has 0 saturated heterocycles. The highest BCUT2D eigenvalue weighted by atomic mass is 32.2. The Morgan fingerprint density at radius 3 is 1.95 bits per heavy atom. The number of thiophene rings is 1. The fraction of sp³-hybridized carbons (Fsp3) is 0.273. The van der Waals surface area contributed by atoms with Crippen molar-refractivity contribution in [2.75, 3.05) is 0 Å². The Morgan fingerprint density at radius 2 is 1.50 bits per heavy atom. The molecule has 0 N–H and O–H groups in total. The average molecular weight is 318 g/mol. The third-order valence-electron chi connectivity index (χ3n) is 2.41. The van der Waals surface area contributed by atoms with Gasteiger partial charge in [0.1, 0.15) is 0 Å². The first kappa shape index (κ1) is 16.8. The minimum absolute atomic E-state index is 0.409. The Labute approximate surface area is 113 Å². The van der Waals surface area contributed by atoms with Gasteiger partial charge in [0.2, 0.25) is 0 Å². The van der Waals surface area contributed by atoms with E-state index in [-0.39, 0.29) is 0 Å². The summed E-state index contributed by atoms with van der Waals surface area (Å²) < 4.78 is 77.8. The molecule has 1 aromatic heterocycles. The van der Waals surface area contributed by atoms with Crippen LogP contribution in [0.3, 0.4) is 0 Å². The first-order chi connectivity index (χ1) is 8.91. The molecule has 0 bridgehead atoms. The molecule has 0 nitrogen and oxygen atoms in total. The van der Waals surface area contributed by atoms with Gasteiger partial charge in [-0.25, -0.2) is 0 Å². The maximum absolute atomic E-state index is 12.8. The van der Waals surface area contributed by atoms with Crippen LogP contribution in [0.5, 0.6) is 0 Å². The summed E-state index contributed by atoms with van der Waals surface area (Å²) in [4.78, 5) is 0.409. The van der Waals surface area contributed by atoms with Gasteiger partial charge in [0.15, 0.2) is 9.58 Å². The van der Waals surface area contributed by atoms with Gasteiger partial charge >= 0.3 is 12.8 Å². The van der Waals surface area contributed by atoms with Crippen molar-refractivity contribution in [3.63, 3.8) is 0 Å². The largest absolute Gasteiger partial charge is 0.673 e. The first-order valence-corrected chi connectivity index (χ1v) is 6.60. The Hall–Kier alpha value is -1.25. The van der Waals surface area contributed by atoms with Crippen molar-refractivity contribution in [2.24, 2.45) is 0 Å². The Balaban J connectivity index is 0.000000347. The molecule has 1 heterocycles. The molecule has 112 valence electrons. The Kier molecular flexibility index (Phi) is 4.73. The lowest BCUT2D eigenvalue weighted by molar-refractivity contribution is -0.0867. The van der Waals surface area contributed by atoms with Crippen LogP contribution in [0, 0.1) is 13.8 Å². The van der Waals surface area contributed by atoms with Crippen LogP contribution in [0.15, 0.2) is 24.3 Å². The molecule has 20 heavy (non-hydrogen) atoms. The monoisotopic (exact) mass is 318 g/mol. The minimum Gasteiger partial charge on any atom is -0.418 e. The maximum Gasteiger partial charge on any atom is 0.673 e. The van der Waals surface area contributed by atoms with Crippen LogP contribution in [0.1, 0.15) is 10.4 Å². The molecule has 1 unspecified atom stereocenters. The maximum atomic E-state index is 12.8. The first-order valence-electron chi connectivity index (χ1n) is 5.37.